The minimum atomic E-state index is -0.314. The molecule has 4 fully saturated rings. The summed E-state index contributed by atoms with van der Waals surface area (Å²) >= 11 is 0. The van der Waals surface area contributed by atoms with Gasteiger partial charge in [-0.05, 0) is 89.4 Å². The van der Waals surface area contributed by atoms with Crippen molar-refractivity contribution in [2.75, 3.05) is 0 Å². The van der Waals surface area contributed by atoms with Crippen molar-refractivity contribution in [3.8, 4) is 0 Å². The third-order valence-electron chi connectivity index (χ3n) is 7.73. The quantitative estimate of drug-likeness (QED) is 0.260. The average Bonchev–Trinajstić information content (AvgIpc) is 2.56. The van der Waals surface area contributed by atoms with E-state index in [2.05, 4.69) is 32.9 Å². The molecule has 26 heavy (non-hydrogen) atoms. The van der Waals surface area contributed by atoms with Gasteiger partial charge in [-0.3, -0.25) is 4.79 Å². The van der Waals surface area contributed by atoms with Crippen LogP contribution >= 0.6 is 0 Å². The first-order valence-corrected chi connectivity index (χ1v) is 11.2. The molecule has 2 heteroatoms. The third-order valence-corrected chi connectivity index (χ3v) is 7.73. The van der Waals surface area contributed by atoms with Crippen LogP contribution in [0.4, 0.5) is 0 Å². The number of ether oxygens (including phenoxy) is 1. The standard InChI is InChI=1S/C24H40O2/c1-5-6-7-8-9-10-11-18(2)22(25)26-23(3,4)24-15-19-12-20(16-24)14-21(13-19)17-24/h8-9,18-21H,5-7,10-17H2,1-4H3. The fourth-order valence-electron chi connectivity index (χ4n) is 6.33. The van der Waals surface area contributed by atoms with Crippen LogP contribution in [0.2, 0.25) is 0 Å². The molecule has 0 aromatic carbocycles. The highest BCUT2D eigenvalue weighted by Gasteiger charge is 2.58. The van der Waals surface area contributed by atoms with Gasteiger partial charge in [0.15, 0.2) is 0 Å². The number of hydrogen-bond acceptors (Lipinski definition) is 2. The molecule has 0 aliphatic heterocycles. The predicted octanol–water partition coefficient (Wildman–Crippen LogP) is 6.69. The molecule has 0 aromatic heterocycles. The summed E-state index contributed by atoms with van der Waals surface area (Å²) in [7, 11) is 0. The largest absolute Gasteiger partial charge is 0.459 e. The minimum absolute atomic E-state index is 0.000914. The summed E-state index contributed by atoms with van der Waals surface area (Å²) in [6.45, 7) is 8.67. The van der Waals surface area contributed by atoms with E-state index in [1.807, 2.05) is 6.92 Å². The van der Waals surface area contributed by atoms with Gasteiger partial charge in [0.25, 0.3) is 0 Å². The first-order chi connectivity index (χ1) is 12.4. The van der Waals surface area contributed by atoms with Crippen LogP contribution in [0.5, 0.6) is 0 Å². The summed E-state index contributed by atoms with van der Waals surface area (Å²) in [5.41, 5.74) is -0.0670. The number of unbranched alkanes of at least 4 members (excludes halogenated alkanes) is 2. The van der Waals surface area contributed by atoms with E-state index in [0.29, 0.717) is 0 Å². The Morgan fingerprint density at radius 2 is 1.62 bits per heavy atom. The van der Waals surface area contributed by atoms with Crippen LogP contribution in [-0.2, 0) is 9.53 Å². The minimum Gasteiger partial charge on any atom is -0.459 e. The zero-order valence-corrected chi connectivity index (χ0v) is 17.6. The van der Waals surface area contributed by atoms with Gasteiger partial charge in [0.1, 0.15) is 5.60 Å². The summed E-state index contributed by atoms with van der Waals surface area (Å²) in [5.74, 6) is 2.70. The highest BCUT2D eigenvalue weighted by Crippen LogP contribution is 2.64. The first kappa shape index (κ1) is 20.0. The van der Waals surface area contributed by atoms with E-state index in [4.69, 9.17) is 4.74 Å². The van der Waals surface area contributed by atoms with Gasteiger partial charge in [-0.1, -0.05) is 38.8 Å². The lowest BCUT2D eigenvalue weighted by molar-refractivity contribution is -0.202. The number of hydrogen-bond donors (Lipinski definition) is 0. The summed E-state index contributed by atoms with van der Waals surface area (Å²) < 4.78 is 6.22. The molecule has 0 saturated heterocycles. The van der Waals surface area contributed by atoms with E-state index in [0.717, 1.165) is 37.0 Å². The normalized spacial score (nSPS) is 34.4. The van der Waals surface area contributed by atoms with E-state index in [1.165, 1.54) is 51.4 Å². The summed E-state index contributed by atoms with van der Waals surface area (Å²) in [4.78, 5) is 12.8. The fraction of sp³-hybridized carbons (Fsp3) is 0.875. The van der Waals surface area contributed by atoms with Gasteiger partial charge in [0, 0.05) is 5.41 Å². The highest BCUT2D eigenvalue weighted by atomic mass is 16.6. The Bertz CT molecular complexity index is 481. The molecule has 0 amide bonds. The monoisotopic (exact) mass is 360 g/mol. The van der Waals surface area contributed by atoms with Crippen LogP contribution in [0, 0.1) is 29.1 Å². The molecule has 2 nitrogen and oxygen atoms in total. The molecule has 1 atom stereocenters. The van der Waals surface area contributed by atoms with Crippen molar-refractivity contribution in [1.82, 2.24) is 0 Å². The predicted molar refractivity (Wildman–Crippen MR) is 108 cm³/mol. The second-order valence-electron chi connectivity index (χ2n) is 10.2. The topological polar surface area (TPSA) is 26.3 Å². The van der Waals surface area contributed by atoms with E-state index in [1.54, 1.807) is 0 Å². The number of rotatable bonds is 9. The lowest BCUT2D eigenvalue weighted by atomic mass is 9.46. The van der Waals surface area contributed by atoms with Crippen LogP contribution in [0.3, 0.4) is 0 Å². The molecule has 148 valence electrons. The van der Waals surface area contributed by atoms with E-state index in [-0.39, 0.29) is 22.9 Å². The Labute approximate surface area is 161 Å². The molecule has 4 bridgehead atoms. The highest BCUT2D eigenvalue weighted by molar-refractivity contribution is 5.72. The van der Waals surface area contributed by atoms with E-state index < -0.39 is 0 Å². The SMILES string of the molecule is CCCCC=CCCC(C)C(=O)OC(C)(C)C12CC3CC(CC(C3)C1)C2. The van der Waals surface area contributed by atoms with Crippen molar-refractivity contribution >= 4 is 5.97 Å². The van der Waals surface area contributed by atoms with Gasteiger partial charge in [-0.15, -0.1) is 0 Å². The van der Waals surface area contributed by atoms with Crippen molar-refractivity contribution in [3.05, 3.63) is 12.2 Å². The van der Waals surface area contributed by atoms with Crippen molar-refractivity contribution in [2.24, 2.45) is 29.1 Å². The van der Waals surface area contributed by atoms with Gasteiger partial charge in [0.05, 0.1) is 5.92 Å². The van der Waals surface area contributed by atoms with Crippen molar-refractivity contribution in [1.29, 1.82) is 0 Å². The molecule has 0 radical (unpaired) electrons. The van der Waals surface area contributed by atoms with E-state index >= 15 is 0 Å². The lowest BCUT2D eigenvalue weighted by Gasteiger charge is -2.61. The maximum absolute atomic E-state index is 12.8. The molecule has 0 aromatic rings. The molecule has 4 saturated carbocycles. The number of allylic oxidation sites excluding steroid dienone is 2. The second kappa shape index (κ2) is 8.07. The number of carbonyl (C=O) groups is 1. The fourth-order valence-corrected chi connectivity index (χ4v) is 6.33. The Morgan fingerprint density at radius 3 is 2.15 bits per heavy atom. The summed E-state index contributed by atoms with van der Waals surface area (Å²) in [6, 6.07) is 0. The van der Waals surface area contributed by atoms with Gasteiger partial charge in [-0.25, -0.2) is 0 Å². The Hall–Kier alpha value is -0.790. The third kappa shape index (κ3) is 4.20. The van der Waals surface area contributed by atoms with Crippen LogP contribution in [0.1, 0.15) is 98.3 Å². The maximum atomic E-state index is 12.8. The van der Waals surface area contributed by atoms with Crippen molar-refractivity contribution in [2.45, 2.75) is 104 Å². The maximum Gasteiger partial charge on any atom is 0.309 e. The van der Waals surface area contributed by atoms with Crippen LogP contribution < -0.4 is 0 Å². The smallest absolute Gasteiger partial charge is 0.309 e. The van der Waals surface area contributed by atoms with Gasteiger partial charge < -0.3 is 4.74 Å². The Morgan fingerprint density at radius 1 is 1.08 bits per heavy atom. The van der Waals surface area contributed by atoms with Gasteiger partial charge >= 0.3 is 5.97 Å². The van der Waals surface area contributed by atoms with Gasteiger partial charge in [0.2, 0.25) is 0 Å². The average molecular weight is 361 g/mol. The lowest BCUT2D eigenvalue weighted by Crippen LogP contribution is -2.57. The molecule has 0 heterocycles. The van der Waals surface area contributed by atoms with Crippen LogP contribution in [0.25, 0.3) is 0 Å². The second-order valence-corrected chi connectivity index (χ2v) is 10.2. The molecule has 0 N–H and O–H groups in total. The molecule has 0 spiro atoms. The summed E-state index contributed by atoms with van der Waals surface area (Å²) in [6.07, 6.45) is 18.2. The summed E-state index contributed by atoms with van der Waals surface area (Å²) in [5, 5.41) is 0. The van der Waals surface area contributed by atoms with Gasteiger partial charge in [-0.2, -0.15) is 0 Å². The van der Waals surface area contributed by atoms with Crippen LogP contribution in [0.15, 0.2) is 12.2 Å². The zero-order chi connectivity index (χ0) is 18.8. The molecular weight excluding hydrogens is 320 g/mol. The number of esters is 1. The number of carbonyl (C=O) groups excluding carboxylic acids is 1. The van der Waals surface area contributed by atoms with Crippen molar-refractivity contribution in [3.63, 3.8) is 0 Å². The van der Waals surface area contributed by atoms with E-state index in [9.17, 15) is 4.79 Å². The Kier molecular flexibility index (Phi) is 6.19. The van der Waals surface area contributed by atoms with Crippen LogP contribution in [-0.4, -0.2) is 11.6 Å². The molecule has 1 unspecified atom stereocenters. The Balaban J connectivity index is 1.52. The molecule has 4 rings (SSSR count). The molecule has 4 aliphatic carbocycles. The molecule has 4 aliphatic rings. The molecular formula is C24H40O2. The zero-order valence-electron chi connectivity index (χ0n) is 17.6. The first-order valence-electron chi connectivity index (χ1n) is 11.2. The van der Waals surface area contributed by atoms with Crippen molar-refractivity contribution < 1.29 is 9.53 Å².